The van der Waals surface area contributed by atoms with Gasteiger partial charge in [0.05, 0.1) is 18.1 Å². The summed E-state index contributed by atoms with van der Waals surface area (Å²) in [4.78, 5) is 11.4. The highest BCUT2D eigenvalue weighted by Gasteiger charge is 2.31. The van der Waals surface area contributed by atoms with Crippen LogP contribution in [0.5, 0.6) is 0 Å². The fourth-order valence-electron chi connectivity index (χ4n) is 1.64. The highest BCUT2D eigenvalue weighted by Crippen LogP contribution is 2.22. The third-order valence-electron chi connectivity index (χ3n) is 2.62. The Bertz CT molecular complexity index is 202. The number of aliphatic hydroxyl groups is 2. The molecule has 0 unspecified atom stereocenters. The monoisotopic (exact) mass is 202 g/mol. The van der Waals surface area contributed by atoms with Crippen molar-refractivity contribution >= 4 is 5.97 Å². The van der Waals surface area contributed by atoms with Gasteiger partial charge < -0.3 is 14.9 Å². The smallest absolute Gasteiger partial charge is 0.311 e. The number of carbonyl (C=O) groups excluding carboxylic acids is 1. The first-order valence-electron chi connectivity index (χ1n) is 5.07. The van der Waals surface area contributed by atoms with Crippen LogP contribution in [0.3, 0.4) is 0 Å². The predicted molar refractivity (Wildman–Crippen MR) is 50.6 cm³/mol. The van der Waals surface area contributed by atoms with E-state index >= 15 is 0 Å². The van der Waals surface area contributed by atoms with Crippen molar-refractivity contribution in [3.63, 3.8) is 0 Å². The van der Waals surface area contributed by atoms with Crippen molar-refractivity contribution in [3.05, 3.63) is 0 Å². The topological polar surface area (TPSA) is 66.8 Å². The summed E-state index contributed by atoms with van der Waals surface area (Å²) in [6.45, 7) is 3.33. The van der Waals surface area contributed by atoms with Crippen LogP contribution in [0.2, 0.25) is 0 Å². The summed E-state index contributed by atoms with van der Waals surface area (Å²) in [5.74, 6) is -0.811. The average Bonchev–Trinajstić information content (AvgIpc) is 2.19. The average molecular weight is 202 g/mol. The number of aliphatic hydroxyl groups excluding tert-OH is 2. The minimum Gasteiger partial charge on any atom is -0.462 e. The molecule has 0 amide bonds. The first-order chi connectivity index (χ1) is 6.50. The van der Waals surface area contributed by atoms with Gasteiger partial charge in [-0.1, -0.05) is 0 Å². The van der Waals surface area contributed by atoms with Gasteiger partial charge in [0.15, 0.2) is 0 Å². The van der Waals surface area contributed by atoms with Gasteiger partial charge in [-0.2, -0.15) is 0 Å². The van der Waals surface area contributed by atoms with Crippen LogP contribution < -0.4 is 0 Å². The highest BCUT2D eigenvalue weighted by molar-refractivity contribution is 5.73. The van der Waals surface area contributed by atoms with Gasteiger partial charge in [-0.15, -0.1) is 0 Å². The maximum atomic E-state index is 11.4. The second kappa shape index (κ2) is 4.75. The van der Waals surface area contributed by atoms with E-state index in [1.54, 1.807) is 13.8 Å². The number of ether oxygens (including phenoxy) is 1. The molecule has 0 aromatic rings. The normalized spacial score (nSPS) is 36.0. The molecular formula is C10H18O4. The Balaban J connectivity index is 2.54. The zero-order valence-corrected chi connectivity index (χ0v) is 8.64. The minimum absolute atomic E-state index is 0.248. The summed E-state index contributed by atoms with van der Waals surface area (Å²) in [6, 6.07) is 0. The predicted octanol–water partition coefficient (Wildman–Crippen LogP) is 0.460. The number of rotatable bonds is 2. The Hall–Kier alpha value is -0.610. The molecule has 0 spiro atoms. The van der Waals surface area contributed by atoms with E-state index in [2.05, 4.69) is 0 Å². The molecule has 4 heteroatoms. The van der Waals surface area contributed by atoms with Crippen molar-refractivity contribution < 1.29 is 19.7 Å². The summed E-state index contributed by atoms with van der Waals surface area (Å²) in [6.07, 6.45) is 0.305. The zero-order valence-electron chi connectivity index (χ0n) is 8.64. The molecule has 2 N–H and O–H groups in total. The van der Waals surface area contributed by atoms with Crippen LogP contribution in [0, 0.1) is 5.92 Å². The van der Waals surface area contributed by atoms with Crippen LogP contribution >= 0.6 is 0 Å². The van der Waals surface area contributed by atoms with Crippen LogP contribution in [-0.2, 0) is 9.53 Å². The molecule has 0 bridgehead atoms. The van der Waals surface area contributed by atoms with Gasteiger partial charge in [-0.25, -0.2) is 0 Å². The van der Waals surface area contributed by atoms with E-state index in [-0.39, 0.29) is 12.1 Å². The molecule has 0 radical (unpaired) electrons. The second-order valence-electron chi connectivity index (χ2n) is 4.08. The lowest BCUT2D eigenvalue weighted by molar-refractivity contribution is -0.155. The Labute approximate surface area is 83.9 Å². The number of cyclic esters (lactones) is 1. The number of carbonyl (C=O) groups is 1. The van der Waals surface area contributed by atoms with E-state index in [4.69, 9.17) is 9.84 Å². The van der Waals surface area contributed by atoms with Gasteiger partial charge in [0.25, 0.3) is 0 Å². The fourth-order valence-corrected chi connectivity index (χ4v) is 1.64. The van der Waals surface area contributed by atoms with Crippen molar-refractivity contribution in [2.75, 3.05) is 0 Å². The second-order valence-corrected chi connectivity index (χ2v) is 4.08. The summed E-state index contributed by atoms with van der Waals surface area (Å²) in [5.41, 5.74) is 0. The van der Waals surface area contributed by atoms with Crippen molar-refractivity contribution in [1.29, 1.82) is 0 Å². The van der Waals surface area contributed by atoms with Crippen LogP contribution in [0.15, 0.2) is 0 Å². The van der Waals surface area contributed by atoms with Crippen molar-refractivity contribution in [2.45, 2.75) is 51.4 Å². The largest absolute Gasteiger partial charge is 0.462 e. The fraction of sp³-hybridized carbons (Fsp3) is 0.900. The zero-order chi connectivity index (χ0) is 10.7. The number of esters is 1. The van der Waals surface area contributed by atoms with E-state index in [1.807, 2.05) is 0 Å². The third-order valence-corrected chi connectivity index (χ3v) is 2.62. The molecule has 1 rings (SSSR count). The highest BCUT2D eigenvalue weighted by atomic mass is 16.5. The summed E-state index contributed by atoms with van der Waals surface area (Å²) in [5, 5.41) is 18.7. The summed E-state index contributed by atoms with van der Waals surface area (Å²) >= 11 is 0. The number of hydrogen-bond acceptors (Lipinski definition) is 4. The molecular weight excluding hydrogens is 184 g/mol. The van der Waals surface area contributed by atoms with E-state index < -0.39 is 18.1 Å². The Morgan fingerprint density at radius 2 is 2.21 bits per heavy atom. The maximum absolute atomic E-state index is 11.4. The van der Waals surface area contributed by atoms with Crippen LogP contribution in [0.25, 0.3) is 0 Å². The van der Waals surface area contributed by atoms with Crippen molar-refractivity contribution in [1.82, 2.24) is 0 Å². The molecule has 1 saturated heterocycles. The first kappa shape index (κ1) is 11.5. The molecule has 1 heterocycles. The van der Waals surface area contributed by atoms with Gasteiger partial charge in [0.2, 0.25) is 0 Å². The molecule has 1 aliphatic rings. The standard InChI is InChI=1S/C10H18O4/c1-6(11)5-8-3-4-9(12)7(2)10(13)14-8/h6-9,11-12H,3-5H2,1-2H3/t6-,7-,8-,9-/m0/s1. The lowest BCUT2D eigenvalue weighted by atomic mass is 10.00. The molecule has 4 nitrogen and oxygen atoms in total. The van der Waals surface area contributed by atoms with Gasteiger partial charge in [-0.3, -0.25) is 4.79 Å². The molecule has 1 aliphatic heterocycles. The van der Waals surface area contributed by atoms with Crippen molar-refractivity contribution in [3.8, 4) is 0 Å². The van der Waals surface area contributed by atoms with Crippen LogP contribution in [-0.4, -0.2) is 34.5 Å². The van der Waals surface area contributed by atoms with E-state index in [9.17, 15) is 9.90 Å². The Morgan fingerprint density at radius 1 is 1.57 bits per heavy atom. The summed E-state index contributed by atoms with van der Waals surface area (Å²) in [7, 11) is 0. The molecule has 0 aliphatic carbocycles. The van der Waals surface area contributed by atoms with Gasteiger partial charge in [-0.05, 0) is 26.7 Å². The summed E-state index contributed by atoms with van der Waals surface area (Å²) < 4.78 is 5.15. The molecule has 0 saturated carbocycles. The number of hydrogen-bond donors (Lipinski definition) is 2. The van der Waals surface area contributed by atoms with Crippen LogP contribution in [0.4, 0.5) is 0 Å². The van der Waals surface area contributed by atoms with Crippen molar-refractivity contribution in [2.24, 2.45) is 5.92 Å². The molecule has 0 aromatic heterocycles. The third kappa shape index (κ3) is 2.96. The lowest BCUT2D eigenvalue weighted by Crippen LogP contribution is -2.26. The SMILES string of the molecule is C[C@H](O)C[C@@H]1CC[C@H](O)[C@H](C)C(=O)O1. The Kier molecular flexibility index (Phi) is 3.89. The molecule has 4 atom stereocenters. The Morgan fingerprint density at radius 3 is 2.79 bits per heavy atom. The first-order valence-corrected chi connectivity index (χ1v) is 5.07. The minimum atomic E-state index is -0.610. The molecule has 82 valence electrons. The van der Waals surface area contributed by atoms with E-state index in [0.29, 0.717) is 19.3 Å². The van der Waals surface area contributed by atoms with Crippen LogP contribution in [0.1, 0.15) is 33.1 Å². The molecule has 14 heavy (non-hydrogen) atoms. The molecule has 1 fully saturated rings. The van der Waals surface area contributed by atoms with Gasteiger partial charge in [0, 0.05) is 6.42 Å². The molecule has 0 aromatic carbocycles. The lowest BCUT2D eigenvalue weighted by Gasteiger charge is -2.16. The van der Waals surface area contributed by atoms with E-state index in [1.165, 1.54) is 0 Å². The van der Waals surface area contributed by atoms with E-state index in [0.717, 1.165) is 0 Å². The maximum Gasteiger partial charge on any atom is 0.311 e. The quantitative estimate of drug-likeness (QED) is 0.638. The van der Waals surface area contributed by atoms with Gasteiger partial charge >= 0.3 is 5.97 Å². The van der Waals surface area contributed by atoms with Gasteiger partial charge in [0.1, 0.15) is 6.10 Å².